The van der Waals surface area contributed by atoms with Gasteiger partial charge in [0, 0.05) is 25.8 Å². The predicted molar refractivity (Wildman–Crippen MR) is 79.8 cm³/mol. The van der Waals surface area contributed by atoms with Gasteiger partial charge in [-0.1, -0.05) is 0 Å². The topological polar surface area (TPSA) is 86.8 Å². The fraction of sp³-hybridized carbons (Fsp3) is 0.429. The van der Waals surface area contributed by atoms with Gasteiger partial charge < -0.3 is 10.2 Å². The van der Waals surface area contributed by atoms with E-state index < -0.39 is 16.1 Å². The molecule has 2 amide bonds. The summed E-state index contributed by atoms with van der Waals surface area (Å²) >= 11 is 0. The monoisotopic (exact) mass is 323 g/mol. The molecule has 7 nitrogen and oxygen atoms in total. The van der Waals surface area contributed by atoms with E-state index in [1.807, 2.05) is 0 Å². The number of anilines is 1. The summed E-state index contributed by atoms with van der Waals surface area (Å²) in [5.74, 6) is -0.361. The molecule has 1 aromatic rings. The van der Waals surface area contributed by atoms with Gasteiger partial charge in [0.25, 0.3) is 0 Å². The Morgan fingerprint density at radius 3 is 2.68 bits per heavy atom. The lowest BCUT2D eigenvalue weighted by Gasteiger charge is -2.36. The van der Waals surface area contributed by atoms with E-state index in [4.69, 9.17) is 0 Å². The molecule has 0 aromatic heterocycles. The van der Waals surface area contributed by atoms with Gasteiger partial charge in [0.1, 0.15) is 6.04 Å². The van der Waals surface area contributed by atoms with E-state index in [1.165, 1.54) is 21.3 Å². The third-order valence-corrected chi connectivity index (χ3v) is 6.10. The van der Waals surface area contributed by atoms with E-state index in [0.29, 0.717) is 17.8 Å². The molecule has 0 spiro atoms. The Kier molecular flexibility index (Phi) is 3.45. The molecule has 0 saturated carbocycles. The molecule has 1 unspecified atom stereocenters. The van der Waals surface area contributed by atoms with Crippen molar-refractivity contribution in [2.75, 3.05) is 25.5 Å². The molecule has 0 bridgehead atoms. The first-order valence-corrected chi connectivity index (χ1v) is 8.44. The van der Waals surface area contributed by atoms with Crippen LogP contribution in [0, 0.1) is 0 Å². The molecule has 0 radical (unpaired) electrons. The van der Waals surface area contributed by atoms with Crippen molar-refractivity contribution in [1.29, 1.82) is 0 Å². The van der Waals surface area contributed by atoms with Gasteiger partial charge in [-0.25, -0.2) is 8.42 Å². The van der Waals surface area contributed by atoms with E-state index in [9.17, 15) is 18.0 Å². The number of nitrogens with zero attached hydrogens (tertiary/aromatic N) is 2. The van der Waals surface area contributed by atoms with Crippen molar-refractivity contribution in [2.24, 2.45) is 0 Å². The van der Waals surface area contributed by atoms with Crippen LogP contribution < -0.4 is 5.32 Å². The molecule has 3 rings (SSSR count). The molecule has 1 saturated heterocycles. The van der Waals surface area contributed by atoms with Gasteiger partial charge in [0.15, 0.2) is 0 Å². The maximum Gasteiger partial charge on any atom is 0.243 e. The average Bonchev–Trinajstić information content (AvgIpc) is 2.83. The van der Waals surface area contributed by atoms with Crippen LogP contribution in [0.1, 0.15) is 12.5 Å². The van der Waals surface area contributed by atoms with Crippen LogP contribution >= 0.6 is 0 Å². The van der Waals surface area contributed by atoms with Gasteiger partial charge in [0.05, 0.1) is 11.3 Å². The first-order chi connectivity index (χ1) is 10.3. The molecule has 1 aromatic carbocycles. The van der Waals surface area contributed by atoms with Gasteiger partial charge in [-0.2, -0.15) is 4.31 Å². The number of carbonyl (C=O) groups is 2. The average molecular weight is 323 g/mol. The molecule has 8 heteroatoms. The van der Waals surface area contributed by atoms with Crippen molar-refractivity contribution in [3.8, 4) is 0 Å². The summed E-state index contributed by atoms with van der Waals surface area (Å²) in [4.78, 5) is 25.0. The van der Waals surface area contributed by atoms with Crippen molar-refractivity contribution in [1.82, 2.24) is 9.21 Å². The number of amides is 2. The largest absolute Gasteiger partial charge is 0.343 e. The van der Waals surface area contributed by atoms with Crippen molar-refractivity contribution >= 4 is 27.5 Å². The molecule has 22 heavy (non-hydrogen) atoms. The summed E-state index contributed by atoms with van der Waals surface area (Å²) in [5.41, 5.74) is 1.31. The molecule has 1 atom stereocenters. The molecule has 0 aliphatic carbocycles. The van der Waals surface area contributed by atoms with Gasteiger partial charge in [-0.3, -0.25) is 9.59 Å². The zero-order valence-electron chi connectivity index (χ0n) is 12.4. The zero-order chi connectivity index (χ0) is 16.1. The molecule has 2 heterocycles. The fourth-order valence-electron chi connectivity index (χ4n) is 2.82. The number of nitrogens with one attached hydrogen (secondary N) is 1. The Hall–Kier alpha value is -1.93. The summed E-state index contributed by atoms with van der Waals surface area (Å²) in [6, 6.07) is 3.85. The highest BCUT2D eigenvalue weighted by Crippen LogP contribution is 2.28. The van der Waals surface area contributed by atoms with Crippen molar-refractivity contribution in [2.45, 2.75) is 24.3 Å². The van der Waals surface area contributed by atoms with Gasteiger partial charge in [-0.15, -0.1) is 0 Å². The van der Waals surface area contributed by atoms with Crippen LogP contribution in [0.15, 0.2) is 23.1 Å². The lowest BCUT2D eigenvalue weighted by atomic mass is 10.2. The second-order valence-electron chi connectivity index (χ2n) is 5.60. The third kappa shape index (κ3) is 2.28. The van der Waals surface area contributed by atoms with Gasteiger partial charge in [-0.05, 0) is 30.7 Å². The minimum Gasteiger partial charge on any atom is -0.343 e. The molecular weight excluding hydrogens is 306 g/mol. The minimum absolute atomic E-state index is 0.118. The first kappa shape index (κ1) is 15.0. The van der Waals surface area contributed by atoms with Crippen LogP contribution in [0.2, 0.25) is 0 Å². The number of piperazine rings is 1. The molecule has 2 aliphatic heterocycles. The molecule has 1 fully saturated rings. The van der Waals surface area contributed by atoms with E-state index in [-0.39, 0.29) is 29.7 Å². The Morgan fingerprint density at radius 1 is 1.23 bits per heavy atom. The van der Waals surface area contributed by atoms with Crippen LogP contribution in [0.3, 0.4) is 0 Å². The number of fused-ring (bicyclic) bond motifs is 1. The molecule has 1 N–H and O–H groups in total. The lowest BCUT2D eigenvalue weighted by molar-refractivity contribution is -0.136. The van der Waals surface area contributed by atoms with E-state index in [1.54, 1.807) is 20.0 Å². The van der Waals surface area contributed by atoms with Crippen LogP contribution in [0.5, 0.6) is 0 Å². The first-order valence-electron chi connectivity index (χ1n) is 7.00. The second-order valence-corrected chi connectivity index (χ2v) is 7.49. The number of hydrogen-bond donors (Lipinski definition) is 1. The van der Waals surface area contributed by atoms with Crippen LogP contribution in [-0.2, 0) is 26.0 Å². The van der Waals surface area contributed by atoms with Crippen molar-refractivity contribution in [3.63, 3.8) is 0 Å². The van der Waals surface area contributed by atoms with Crippen molar-refractivity contribution < 1.29 is 18.0 Å². The SMILES string of the molecule is CC1C(=O)N(C)CCN1S(=O)(=O)c1ccc2c(c1)CC(=O)N2. The van der Waals surface area contributed by atoms with Crippen LogP contribution in [0.4, 0.5) is 5.69 Å². The second kappa shape index (κ2) is 5.06. The normalized spacial score (nSPS) is 22.6. The molecule has 2 aliphatic rings. The Bertz CT molecular complexity index is 759. The minimum atomic E-state index is -3.76. The highest BCUT2D eigenvalue weighted by molar-refractivity contribution is 7.89. The van der Waals surface area contributed by atoms with Crippen molar-refractivity contribution in [3.05, 3.63) is 23.8 Å². The van der Waals surface area contributed by atoms with Gasteiger partial charge >= 0.3 is 0 Å². The number of benzene rings is 1. The smallest absolute Gasteiger partial charge is 0.243 e. The fourth-order valence-corrected chi connectivity index (χ4v) is 4.45. The lowest BCUT2D eigenvalue weighted by Crippen LogP contribution is -2.56. The predicted octanol–water partition coefficient (Wildman–Crippen LogP) is 0.0324. The Labute approximate surface area is 128 Å². The maximum absolute atomic E-state index is 12.8. The van der Waals surface area contributed by atoms with Crippen LogP contribution in [-0.4, -0.2) is 55.6 Å². The van der Waals surface area contributed by atoms with E-state index in [2.05, 4.69) is 5.32 Å². The number of rotatable bonds is 2. The molecule has 118 valence electrons. The van der Waals surface area contributed by atoms with E-state index in [0.717, 1.165) is 0 Å². The quantitative estimate of drug-likeness (QED) is 0.832. The number of likely N-dealkylation sites (N-methyl/N-ethyl adjacent to an activating group) is 1. The number of carbonyl (C=O) groups excluding carboxylic acids is 2. The number of sulfonamides is 1. The highest BCUT2D eigenvalue weighted by Gasteiger charge is 2.38. The Balaban J connectivity index is 1.95. The standard InChI is InChI=1S/C14H17N3O4S/c1-9-14(19)16(2)5-6-17(9)22(20,21)11-3-4-12-10(7-11)8-13(18)15-12/h3-4,7,9H,5-6,8H2,1-2H3,(H,15,18). The summed E-state index contributed by atoms with van der Waals surface area (Å²) in [6.45, 7) is 2.22. The zero-order valence-corrected chi connectivity index (χ0v) is 13.2. The highest BCUT2D eigenvalue weighted by atomic mass is 32.2. The summed E-state index contributed by atoms with van der Waals surface area (Å²) in [5, 5.41) is 2.67. The summed E-state index contributed by atoms with van der Waals surface area (Å²) in [6.07, 6.45) is 0.177. The third-order valence-electron chi connectivity index (χ3n) is 4.13. The number of hydrogen-bond acceptors (Lipinski definition) is 4. The molecular formula is C14H17N3O4S. The van der Waals surface area contributed by atoms with E-state index >= 15 is 0 Å². The summed E-state index contributed by atoms with van der Waals surface area (Å²) in [7, 11) is -2.10. The summed E-state index contributed by atoms with van der Waals surface area (Å²) < 4.78 is 26.8. The maximum atomic E-state index is 12.8. The Morgan fingerprint density at radius 2 is 1.95 bits per heavy atom. The van der Waals surface area contributed by atoms with Gasteiger partial charge in [0.2, 0.25) is 21.8 Å². The van der Waals surface area contributed by atoms with Crippen LogP contribution in [0.25, 0.3) is 0 Å².